The molecular formula is C14H17N3O3. The van der Waals surface area contributed by atoms with Crippen molar-refractivity contribution in [3.8, 4) is 11.3 Å². The van der Waals surface area contributed by atoms with Crippen molar-refractivity contribution in [2.24, 2.45) is 0 Å². The first-order valence-electron chi connectivity index (χ1n) is 6.16. The van der Waals surface area contributed by atoms with Gasteiger partial charge in [0, 0.05) is 17.3 Å². The second kappa shape index (κ2) is 5.24. The summed E-state index contributed by atoms with van der Waals surface area (Å²) < 4.78 is 10.3. The van der Waals surface area contributed by atoms with E-state index in [1.807, 2.05) is 6.07 Å². The minimum Gasteiger partial charge on any atom is -0.444 e. The Morgan fingerprint density at radius 2 is 2.10 bits per heavy atom. The summed E-state index contributed by atoms with van der Waals surface area (Å²) >= 11 is 0. The molecule has 0 aliphatic heterocycles. The first kappa shape index (κ1) is 13.9. The number of anilines is 2. The lowest BCUT2D eigenvalue weighted by molar-refractivity contribution is 0.0636. The van der Waals surface area contributed by atoms with Crippen LogP contribution < -0.4 is 11.1 Å². The van der Waals surface area contributed by atoms with E-state index in [1.165, 1.54) is 0 Å². The van der Waals surface area contributed by atoms with E-state index in [9.17, 15) is 4.79 Å². The molecule has 0 saturated heterocycles. The van der Waals surface area contributed by atoms with Crippen molar-refractivity contribution in [3.05, 3.63) is 30.3 Å². The van der Waals surface area contributed by atoms with Gasteiger partial charge < -0.3 is 15.0 Å². The number of nitrogens with one attached hydrogen (secondary N) is 1. The minimum atomic E-state index is -0.541. The maximum atomic E-state index is 11.7. The molecule has 106 valence electrons. The Morgan fingerprint density at radius 1 is 1.35 bits per heavy atom. The number of carbonyl (C=O) groups excluding carboxylic acids is 1. The van der Waals surface area contributed by atoms with Gasteiger partial charge in [0.15, 0.2) is 11.6 Å². The third kappa shape index (κ3) is 3.74. The highest BCUT2D eigenvalue weighted by molar-refractivity contribution is 5.86. The fourth-order valence-corrected chi connectivity index (χ4v) is 1.60. The van der Waals surface area contributed by atoms with Crippen molar-refractivity contribution in [2.75, 3.05) is 11.1 Å². The largest absolute Gasteiger partial charge is 0.444 e. The van der Waals surface area contributed by atoms with Gasteiger partial charge in [0.25, 0.3) is 0 Å². The van der Waals surface area contributed by atoms with E-state index >= 15 is 0 Å². The summed E-state index contributed by atoms with van der Waals surface area (Å²) in [4.78, 5) is 11.7. The number of benzene rings is 1. The minimum absolute atomic E-state index is 0.311. The number of nitrogen functional groups attached to an aromatic ring is 1. The van der Waals surface area contributed by atoms with Gasteiger partial charge in [0.05, 0.1) is 0 Å². The Labute approximate surface area is 116 Å². The fourth-order valence-electron chi connectivity index (χ4n) is 1.60. The van der Waals surface area contributed by atoms with E-state index in [4.69, 9.17) is 15.0 Å². The lowest BCUT2D eigenvalue weighted by Crippen LogP contribution is -2.27. The van der Waals surface area contributed by atoms with Crippen LogP contribution in [0.25, 0.3) is 11.3 Å². The Hall–Kier alpha value is -2.50. The molecule has 0 atom stereocenters. The molecule has 0 radical (unpaired) electrons. The van der Waals surface area contributed by atoms with Gasteiger partial charge in [-0.05, 0) is 32.9 Å². The molecule has 0 bridgehead atoms. The molecule has 0 spiro atoms. The normalized spacial score (nSPS) is 11.2. The smallest absolute Gasteiger partial charge is 0.412 e. The summed E-state index contributed by atoms with van der Waals surface area (Å²) in [6, 6.07) is 8.75. The van der Waals surface area contributed by atoms with Crippen LogP contribution in [0, 0.1) is 0 Å². The SMILES string of the molecule is CC(C)(C)OC(=O)Nc1cccc(-c2cc(N)no2)c1. The van der Waals surface area contributed by atoms with E-state index in [1.54, 1.807) is 45.0 Å². The summed E-state index contributed by atoms with van der Waals surface area (Å²) in [5.41, 5.74) is 6.34. The van der Waals surface area contributed by atoms with Gasteiger partial charge in [0.2, 0.25) is 0 Å². The first-order valence-corrected chi connectivity index (χ1v) is 6.16. The molecule has 1 amide bonds. The number of ether oxygens (including phenoxy) is 1. The molecule has 6 heteroatoms. The molecule has 0 fully saturated rings. The van der Waals surface area contributed by atoms with Gasteiger partial charge in [-0.2, -0.15) is 0 Å². The van der Waals surface area contributed by atoms with Crippen LogP contribution in [0.4, 0.5) is 16.3 Å². The number of nitrogens with two attached hydrogens (primary N) is 1. The zero-order valence-electron chi connectivity index (χ0n) is 11.6. The van der Waals surface area contributed by atoms with E-state index in [-0.39, 0.29) is 0 Å². The summed E-state index contributed by atoms with van der Waals surface area (Å²) in [6.45, 7) is 5.42. The van der Waals surface area contributed by atoms with Crippen LogP contribution in [0.5, 0.6) is 0 Å². The topological polar surface area (TPSA) is 90.4 Å². The Balaban J connectivity index is 2.12. The molecule has 1 aromatic heterocycles. The van der Waals surface area contributed by atoms with Crippen molar-refractivity contribution >= 4 is 17.6 Å². The molecule has 1 aromatic carbocycles. The lowest BCUT2D eigenvalue weighted by Gasteiger charge is -2.19. The molecular weight excluding hydrogens is 258 g/mol. The van der Waals surface area contributed by atoms with Gasteiger partial charge in [-0.1, -0.05) is 17.3 Å². The molecule has 2 aromatic rings. The summed E-state index contributed by atoms with van der Waals surface area (Å²) in [5, 5.41) is 6.28. The van der Waals surface area contributed by atoms with Crippen LogP contribution in [0.3, 0.4) is 0 Å². The number of amides is 1. The molecule has 6 nitrogen and oxygen atoms in total. The first-order chi connectivity index (χ1) is 9.33. The number of nitrogens with zero attached hydrogens (tertiary/aromatic N) is 1. The van der Waals surface area contributed by atoms with Crippen LogP contribution in [-0.4, -0.2) is 16.9 Å². The van der Waals surface area contributed by atoms with Gasteiger partial charge in [-0.25, -0.2) is 4.79 Å². The van der Waals surface area contributed by atoms with Crippen LogP contribution in [0.15, 0.2) is 34.9 Å². The van der Waals surface area contributed by atoms with E-state index in [0.29, 0.717) is 17.3 Å². The maximum Gasteiger partial charge on any atom is 0.412 e. The molecule has 20 heavy (non-hydrogen) atoms. The highest BCUT2D eigenvalue weighted by atomic mass is 16.6. The third-order valence-corrected chi connectivity index (χ3v) is 2.32. The predicted molar refractivity (Wildman–Crippen MR) is 76.2 cm³/mol. The quantitative estimate of drug-likeness (QED) is 0.877. The van der Waals surface area contributed by atoms with E-state index < -0.39 is 11.7 Å². The molecule has 2 rings (SSSR count). The average Bonchev–Trinajstić information content (AvgIpc) is 2.73. The standard InChI is InChI=1S/C14H17N3O3/c1-14(2,3)19-13(18)16-10-6-4-5-9(7-10)11-8-12(15)17-20-11/h4-8H,1-3H3,(H2,15,17)(H,16,18). The molecule has 0 unspecified atom stereocenters. The number of hydrogen-bond acceptors (Lipinski definition) is 5. The molecule has 0 saturated carbocycles. The Bertz CT molecular complexity index is 614. The summed E-state index contributed by atoms with van der Waals surface area (Å²) in [5.74, 6) is 0.848. The number of rotatable bonds is 2. The second-order valence-corrected chi connectivity index (χ2v) is 5.32. The van der Waals surface area contributed by atoms with Gasteiger partial charge in [0.1, 0.15) is 5.60 Å². The Kier molecular flexibility index (Phi) is 3.65. The number of aromatic nitrogens is 1. The molecule has 3 N–H and O–H groups in total. The summed E-state index contributed by atoms with van der Waals surface area (Å²) in [7, 11) is 0. The molecule has 0 aliphatic carbocycles. The Morgan fingerprint density at radius 3 is 2.70 bits per heavy atom. The van der Waals surface area contributed by atoms with Gasteiger partial charge >= 0.3 is 6.09 Å². The van der Waals surface area contributed by atoms with Gasteiger partial charge in [-0.3, -0.25) is 5.32 Å². The monoisotopic (exact) mass is 275 g/mol. The van der Waals surface area contributed by atoms with E-state index in [2.05, 4.69) is 10.5 Å². The third-order valence-electron chi connectivity index (χ3n) is 2.32. The highest BCUT2D eigenvalue weighted by Crippen LogP contribution is 2.24. The van der Waals surface area contributed by atoms with Crippen LogP contribution in [-0.2, 0) is 4.74 Å². The predicted octanol–water partition coefficient (Wildman–Crippen LogP) is 3.27. The summed E-state index contributed by atoms with van der Waals surface area (Å²) in [6.07, 6.45) is -0.508. The van der Waals surface area contributed by atoms with Gasteiger partial charge in [-0.15, -0.1) is 0 Å². The van der Waals surface area contributed by atoms with Crippen LogP contribution in [0.1, 0.15) is 20.8 Å². The van der Waals surface area contributed by atoms with Crippen molar-refractivity contribution in [3.63, 3.8) is 0 Å². The van der Waals surface area contributed by atoms with Crippen molar-refractivity contribution < 1.29 is 14.1 Å². The highest BCUT2D eigenvalue weighted by Gasteiger charge is 2.16. The average molecular weight is 275 g/mol. The van der Waals surface area contributed by atoms with Crippen molar-refractivity contribution in [1.29, 1.82) is 0 Å². The van der Waals surface area contributed by atoms with Crippen molar-refractivity contribution in [2.45, 2.75) is 26.4 Å². The maximum absolute atomic E-state index is 11.7. The number of carbonyl (C=O) groups is 1. The fraction of sp³-hybridized carbons (Fsp3) is 0.286. The zero-order chi connectivity index (χ0) is 14.8. The molecule has 1 heterocycles. The van der Waals surface area contributed by atoms with Crippen LogP contribution >= 0.6 is 0 Å². The van der Waals surface area contributed by atoms with Crippen molar-refractivity contribution in [1.82, 2.24) is 5.16 Å². The number of hydrogen-bond donors (Lipinski definition) is 2. The second-order valence-electron chi connectivity index (χ2n) is 5.32. The van der Waals surface area contributed by atoms with Crippen LogP contribution in [0.2, 0.25) is 0 Å². The van der Waals surface area contributed by atoms with E-state index in [0.717, 1.165) is 5.56 Å². The lowest BCUT2D eigenvalue weighted by atomic mass is 10.1. The zero-order valence-corrected chi connectivity index (χ0v) is 11.6. The molecule has 0 aliphatic rings.